The summed E-state index contributed by atoms with van der Waals surface area (Å²) in [5.74, 6) is -0.837. The van der Waals surface area contributed by atoms with E-state index >= 15 is 0 Å². The Morgan fingerprint density at radius 2 is 1.84 bits per heavy atom. The van der Waals surface area contributed by atoms with Crippen LogP contribution in [0, 0.1) is 13.8 Å². The Balaban J connectivity index is 1.64. The zero-order valence-electron chi connectivity index (χ0n) is 21.5. The van der Waals surface area contributed by atoms with Gasteiger partial charge in [0.1, 0.15) is 6.54 Å². The number of hydrogen-bond acceptors (Lipinski definition) is 8. The minimum absolute atomic E-state index is 0.171. The number of carbonyl (C=O) groups is 4. The van der Waals surface area contributed by atoms with Crippen LogP contribution in [0.2, 0.25) is 0 Å². The molecule has 1 saturated heterocycles. The molecule has 1 fully saturated rings. The lowest BCUT2D eigenvalue weighted by atomic mass is 10.1. The third-order valence-corrected chi connectivity index (χ3v) is 6.61. The molecule has 1 aliphatic rings. The molecule has 2 aromatic rings. The van der Waals surface area contributed by atoms with E-state index in [1.165, 1.54) is 13.2 Å². The van der Waals surface area contributed by atoms with Gasteiger partial charge in [-0.1, -0.05) is 19.1 Å². The third kappa shape index (κ3) is 7.36. The number of nitrogens with zero attached hydrogens (tertiary/aromatic N) is 1. The number of rotatable bonds is 10. The summed E-state index contributed by atoms with van der Waals surface area (Å²) >= 11 is 0.744. The standard InChI is InChI=1S/C27H30N2O7S/c1-6-18(4)36-25(31)14-29-26(32)23(37-27(29)33)13-19-8-10-21(22(12-19)34-5)35-15-24(30)28-20-9-7-16(2)17(3)11-20/h7-13,18H,6,14-15H2,1-5H3,(H,28,30)/b23-13+/t18-/m1/s1. The molecule has 0 aliphatic carbocycles. The zero-order valence-corrected chi connectivity index (χ0v) is 22.3. The molecular formula is C27H30N2O7S. The fourth-order valence-electron chi connectivity index (χ4n) is 3.31. The molecule has 1 atom stereocenters. The summed E-state index contributed by atoms with van der Waals surface area (Å²) in [6.45, 7) is 6.91. The van der Waals surface area contributed by atoms with Gasteiger partial charge in [-0.05, 0) is 86.0 Å². The van der Waals surface area contributed by atoms with Gasteiger partial charge in [-0.25, -0.2) is 0 Å². The maximum Gasteiger partial charge on any atom is 0.326 e. The van der Waals surface area contributed by atoms with Crippen LogP contribution in [0.3, 0.4) is 0 Å². The summed E-state index contributed by atoms with van der Waals surface area (Å²) in [5.41, 5.74) is 3.46. The second-order valence-electron chi connectivity index (χ2n) is 8.52. The summed E-state index contributed by atoms with van der Waals surface area (Å²) in [5, 5.41) is 2.25. The minimum Gasteiger partial charge on any atom is -0.493 e. The monoisotopic (exact) mass is 526 g/mol. The predicted molar refractivity (Wildman–Crippen MR) is 142 cm³/mol. The SMILES string of the molecule is CC[C@@H](C)OC(=O)CN1C(=O)S/C(=C/c2ccc(OCC(=O)Nc3ccc(C)c(C)c3)c(OC)c2)C1=O. The van der Waals surface area contributed by atoms with Crippen LogP contribution < -0.4 is 14.8 Å². The van der Waals surface area contributed by atoms with Gasteiger partial charge in [0.2, 0.25) is 0 Å². The largest absolute Gasteiger partial charge is 0.493 e. The van der Waals surface area contributed by atoms with E-state index in [2.05, 4.69) is 5.32 Å². The van der Waals surface area contributed by atoms with Crippen molar-refractivity contribution < 1.29 is 33.4 Å². The van der Waals surface area contributed by atoms with Crippen molar-refractivity contribution in [3.63, 3.8) is 0 Å². The van der Waals surface area contributed by atoms with Crippen LogP contribution in [-0.2, 0) is 19.1 Å². The van der Waals surface area contributed by atoms with Gasteiger partial charge in [0.15, 0.2) is 18.1 Å². The number of esters is 1. The average molecular weight is 527 g/mol. The molecule has 0 bridgehead atoms. The topological polar surface area (TPSA) is 111 Å². The Hall–Kier alpha value is -3.79. The van der Waals surface area contributed by atoms with Crippen LogP contribution in [0.15, 0.2) is 41.3 Å². The highest BCUT2D eigenvalue weighted by Crippen LogP contribution is 2.34. The molecule has 1 heterocycles. The van der Waals surface area contributed by atoms with Gasteiger partial charge < -0.3 is 19.5 Å². The van der Waals surface area contributed by atoms with Crippen LogP contribution in [0.1, 0.15) is 37.0 Å². The molecule has 3 rings (SSSR count). The van der Waals surface area contributed by atoms with Crippen LogP contribution in [0.5, 0.6) is 11.5 Å². The van der Waals surface area contributed by atoms with E-state index in [-0.39, 0.29) is 23.5 Å². The van der Waals surface area contributed by atoms with E-state index in [9.17, 15) is 19.2 Å². The molecule has 10 heteroatoms. The fourth-order valence-corrected chi connectivity index (χ4v) is 4.15. The van der Waals surface area contributed by atoms with Crippen molar-refractivity contribution >= 4 is 46.5 Å². The number of nitrogens with one attached hydrogen (secondary N) is 1. The van der Waals surface area contributed by atoms with Gasteiger partial charge >= 0.3 is 5.97 Å². The summed E-state index contributed by atoms with van der Waals surface area (Å²) < 4.78 is 16.2. The normalized spacial score (nSPS) is 15.1. The number of methoxy groups -OCH3 is 1. The molecule has 3 amide bonds. The van der Waals surface area contributed by atoms with E-state index < -0.39 is 23.7 Å². The van der Waals surface area contributed by atoms with Gasteiger partial charge in [-0.15, -0.1) is 0 Å². The van der Waals surface area contributed by atoms with Gasteiger partial charge in [0, 0.05) is 5.69 Å². The first-order valence-electron chi connectivity index (χ1n) is 11.7. The number of ether oxygens (including phenoxy) is 3. The van der Waals surface area contributed by atoms with Crippen molar-refractivity contribution in [1.82, 2.24) is 4.90 Å². The van der Waals surface area contributed by atoms with Crippen LogP contribution in [-0.4, -0.2) is 54.3 Å². The van der Waals surface area contributed by atoms with Crippen molar-refractivity contribution in [1.29, 1.82) is 0 Å². The number of anilines is 1. The van der Waals surface area contributed by atoms with E-state index in [0.29, 0.717) is 29.2 Å². The highest BCUT2D eigenvalue weighted by atomic mass is 32.2. The molecule has 1 N–H and O–H groups in total. The van der Waals surface area contributed by atoms with Crippen LogP contribution in [0.25, 0.3) is 6.08 Å². The molecule has 9 nitrogen and oxygen atoms in total. The van der Waals surface area contributed by atoms with Gasteiger partial charge in [-0.3, -0.25) is 24.1 Å². The number of thioether (sulfide) groups is 1. The average Bonchev–Trinajstić information content (AvgIpc) is 3.12. The molecule has 0 unspecified atom stereocenters. The lowest BCUT2D eigenvalue weighted by Crippen LogP contribution is -2.35. The Morgan fingerprint density at radius 1 is 1.08 bits per heavy atom. The van der Waals surface area contributed by atoms with E-state index in [1.54, 1.807) is 25.1 Å². The quantitative estimate of drug-likeness (QED) is 0.350. The Labute approximate surface area is 220 Å². The Bertz CT molecular complexity index is 1240. The molecule has 196 valence electrons. The third-order valence-electron chi connectivity index (χ3n) is 5.70. The van der Waals surface area contributed by atoms with Gasteiger partial charge in [0.05, 0.1) is 18.1 Å². The summed E-state index contributed by atoms with van der Waals surface area (Å²) in [7, 11) is 1.46. The smallest absolute Gasteiger partial charge is 0.326 e. The number of carbonyl (C=O) groups excluding carboxylic acids is 4. The summed E-state index contributed by atoms with van der Waals surface area (Å²) in [4.78, 5) is 50.4. The fraction of sp³-hybridized carbons (Fsp3) is 0.333. The molecular weight excluding hydrogens is 496 g/mol. The van der Waals surface area contributed by atoms with Crippen molar-refractivity contribution in [2.45, 2.75) is 40.2 Å². The molecule has 0 radical (unpaired) electrons. The van der Waals surface area contributed by atoms with Crippen molar-refractivity contribution in [3.8, 4) is 11.5 Å². The zero-order chi connectivity index (χ0) is 27.1. The number of aryl methyl sites for hydroxylation is 2. The molecule has 37 heavy (non-hydrogen) atoms. The maximum atomic E-state index is 12.7. The maximum absolute atomic E-state index is 12.7. The molecule has 2 aromatic carbocycles. The first kappa shape index (κ1) is 27.8. The highest BCUT2D eigenvalue weighted by Gasteiger charge is 2.36. The molecule has 1 aliphatic heterocycles. The van der Waals surface area contributed by atoms with Crippen molar-refractivity contribution in [3.05, 3.63) is 58.0 Å². The molecule has 0 saturated carbocycles. The highest BCUT2D eigenvalue weighted by molar-refractivity contribution is 8.18. The second-order valence-corrected chi connectivity index (χ2v) is 9.52. The Morgan fingerprint density at radius 3 is 2.51 bits per heavy atom. The number of imide groups is 1. The predicted octanol–water partition coefficient (Wildman–Crippen LogP) is 4.71. The molecule has 0 aromatic heterocycles. The van der Waals surface area contributed by atoms with E-state index in [0.717, 1.165) is 27.8 Å². The first-order chi connectivity index (χ1) is 17.6. The second kappa shape index (κ2) is 12.4. The van der Waals surface area contributed by atoms with Crippen molar-refractivity contribution in [2.24, 2.45) is 0 Å². The number of benzene rings is 2. The summed E-state index contributed by atoms with van der Waals surface area (Å²) in [6.07, 6.45) is 1.87. The van der Waals surface area contributed by atoms with Crippen LogP contribution in [0.4, 0.5) is 10.5 Å². The van der Waals surface area contributed by atoms with Gasteiger partial charge in [0.25, 0.3) is 17.1 Å². The van der Waals surface area contributed by atoms with Gasteiger partial charge in [-0.2, -0.15) is 0 Å². The lowest BCUT2D eigenvalue weighted by molar-refractivity contribution is -0.150. The molecule has 0 spiro atoms. The minimum atomic E-state index is -0.636. The van der Waals surface area contributed by atoms with Crippen molar-refractivity contribution in [2.75, 3.05) is 25.6 Å². The lowest BCUT2D eigenvalue weighted by Gasteiger charge is -2.14. The van der Waals surface area contributed by atoms with Crippen LogP contribution >= 0.6 is 11.8 Å². The number of amides is 3. The Kier molecular flexibility index (Phi) is 9.35. The first-order valence-corrected chi connectivity index (χ1v) is 12.6. The number of hydrogen-bond donors (Lipinski definition) is 1. The van der Waals surface area contributed by atoms with E-state index in [1.807, 2.05) is 39.0 Å². The summed E-state index contributed by atoms with van der Waals surface area (Å²) in [6, 6.07) is 10.6. The van der Waals surface area contributed by atoms with E-state index in [4.69, 9.17) is 14.2 Å².